The van der Waals surface area contributed by atoms with Gasteiger partial charge in [-0.1, -0.05) is 11.8 Å². The predicted octanol–water partition coefficient (Wildman–Crippen LogP) is 0.931. The van der Waals surface area contributed by atoms with E-state index in [-0.39, 0.29) is 5.69 Å². The molecule has 0 spiro atoms. The van der Waals surface area contributed by atoms with Gasteiger partial charge in [-0.3, -0.25) is 4.57 Å². The lowest BCUT2D eigenvalue weighted by Gasteiger charge is -2.06. The van der Waals surface area contributed by atoms with Gasteiger partial charge in [0.25, 0.3) is 0 Å². The number of nitrogens with one attached hydrogen (secondary N) is 2. The highest BCUT2D eigenvalue weighted by molar-refractivity contribution is 7.98. The van der Waals surface area contributed by atoms with Gasteiger partial charge in [0.2, 0.25) is 0 Å². The number of nitrogens with zero attached hydrogens (tertiary/aromatic N) is 4. The number of hydrogen-bond donors (Lipinski definition) is 2. The fourth-order valence-corrected chi connectivity index (χ4v) is 2.33. The van der Waals surface area contributed by atoms with Crippen LogP contribution in [0.15, 0.2) is 16.0 Å². The van der Waals surface area contributed by atoms with Crippen LogP contribution in [0, 0.1) is 6.92 Å². The zero-order valence-corrected chi connectivity index (χ0v) is 11.9. The van der Waals surface area contributed by atoms with E-state index in [0.29, 0.717) is 10.9 Å². The first-order chi connectivity index (χ1) is 9.10. The molecule has 2 aromatic rings. The summed E-state index contributed by atoms with van der Waals surface area (Å²) in [5, 5.41) is 10.1. The summed E-state index contributed by atoms with van der Waals surface area (Å²) in [6.45, 7) is 4.77. The molecule has 0 atom stereocenters. The third kappa shape index (κ3) is 3.34. The van der Waals surface area contributed by atoms with E-state index in [1.807, 2.05) is 19.9 Å². The third-order valence-corrected chi connectivity index (χ3v) is 3.45. The number of aromatic nitrogens is 5. The number of rotatable bonds is 5. The minimum Gasteiger partial charge on any atom is -0.370 e. The van der Waals surface area contributed by atoms with Crippen molar-refractivity contribution in [3.05, 3.63) is 28.1 Å². The normalized spacial score (nSPS) is 10.7. The Morgan fingerprint density at radius 1 is 1.47 bits per heavy atom. The van der Waals surface area contributed by atoms with Crippen molar-refractivity contribution in [2.45, 2.75) is 24.8 Å². The molecule has 0 aliphatic carbocycles. The molecule has 2 aromatic heterocycles. The van der Waals surface area contributed by atoms with Crippen molar-refractivity contribution in [1.82, 2.24) is 24.7 Å². The van der Waals surface area contributed by atoms with Gasteiger partial charge in [-0.25, -0.2) is 19.9 Å². The van der Waals surface area contributed by atoms with E-state index in [2.05, 4.69) is 25.5 Å². The SMILES string of the molecule is CCNc1cc(C)nc(CSc2n[nH]c(=O)n2C)n1. The maximum Gasteiger partial charge on any atom is 0.343 e. The molecule has 0 radical (unpaired) electrons. The van der Waals surface area contributed by atoms with Crippen molar-refractivity contribution in [3.63, 3.8) is 0 Å². The highest BCUT2D eigenvalue weighted by atomic mass is 32.2. The summed E-state index contributed by atoms with van der Waals surface area (Å²) in [4.78, 5) is 20.0. The van der Waals surface area contributed by atoms with Gasteiger partial charge in [-0.2, -0.15) is 0 Å². The Kier molecular flexibility index (Phi) is 4.20. The summed E-state index contributed by atoms with van der Waals surface area (Å²) in [7, 11) is 1.68. The molecule has 7 nitrogen and oxygen atoms in total. The van der Waals surface area contributed by atoms with E-state index in [4.69, 9.17) is 0 Å². The molecule has 2 rings (SSSR count). The Hall–Kier alpha value is -1.83. The van der Waals surface area contributed by atoms with Crippen LogP contribution >= 0.6 is 11.8 Å². The highest BCUT2D eigenvalue weighted by Gasteiger charge is 2.07. The fourth-order valence-electron chi connectivity index (χ4n) is 1.56. The molecule has 0 amide bonds. The van der Waals surface area contributed by atoms with E-state index in [0.717, 1.165) is 23.9 Å². The summed E-state index contributed by atoms with van der Waals surface area (Å²) in [5.74, 6) is 2.11. The van der Waals surface area contributed by atoms with E-state index in [9.17, 15) is 4.79 Å². The molecule has 0 aliphatic heterocycles. The van der Waals surface area contributed by atoms with E-state index in [1.165, 1.54) is 16.3 Å². The lowest BCUT2D eigenvalue weighted by Crippen LogP contribution is -2.13. The summed E-state index contributed by atoms with van der Waals surface area (Å²) >= 11 is 1.42. The van der Waals surface area contributed by atoms with Crippen LogP contribution in [0.25, 0.3) is 0 Å². The van der Waals surface area contributed by atoms with Crippen molar-refractivity contribution < 1.29 is 0 Å². The first-order valence-electron chi connectivity index (χ1n) is 5.92. The Morgan fingerprint density at radius 2 is 2.26 bits per heavy atom. The molecule has 0 aromatic carbocycles. The molecule has 0 aliphatic rings. The lowest BCUT2D eigenvalue weighted by atomic mass is 10.4. The highest BCUT2D eigenvalue weighted by Crippen LogP contribution is 2.18. The average Bonchev–Trinajstić information content (AvgIpc) is 2.67. The van der Waals surface area contributed by atoms with Crippen molar-refractivity contribution in [2.75, 3.05) is 11.9 Å². The van der Waals surface area contributed by atoms with E-state index >= 15 is 0 Å². The topological polar surface area (TPSA) is 88.5 Å². The van der Waals surface area contributed by atoms with Crippen LogP contribution in [0.3, 0.4) is 0 Å². The summed E-state index contributed by atoms with van der Waals surface area (Å²) in [5.41, 5.74) is 0.693. The Balaban J connectivity index is 2.11. The molecule has 2 heterocycles. The van der Waals surface area contributed by atoms with Gasteiger partial charge in [0, 0.05) is 25.4 Å². The standard InChI is InChI=1S/C11H16N6OS/c1-4-12-8-5-7(2)13-9(14-8)6-19-11-16-15-10(18)17(11)3/h5H,4,6H2,1-3H3,(H,15,18)(H,12,13,14). The minimum absolute atomic E-state index is 0.221. The summed E-state index contributed by atoms with van der Waals surface area (Å²) < 4.78 is 1.46. The zero-order chi connectivity index (χ0) is 13.8. The van der Waals surface area contributed by atoms with Gasteiger partial charge >= 0.3 is 5.69 Å². The van der Waals surface area contributed by atoms with Gasteiger partial charge in [-0.15, -0.1) is 5.10 Å². The smallest absolute Gasteiger partial charge is 0.343 e. The van der Waals surface area contributed by atoms with Crippen LogP contribution < -0.4 is 11.0 Å². The molecular formula is C11H16N6OS. The lowest BCUT2D eigenvalue weighted by molar-refractivity contribution is 0.765. The third-order valence-electron chi connectivity index (χ3n) is 2.43. The minimum atomic E-state index is -0.221. The van der Waals surface area contributed by atoms with Gasteiger partial charge in [0.15, 0.2) is 5.16 Å². The molecule has 0 saturated heterocycles. The number of anilines is 1. The number of aromatic amines is 1. The van der Waals surface area contributed by atoms with Crippen LogP contribution in [-0.4, -0.2) is 31.3 Å². The molecule has 2 N–H and O–H groups in total. The van der Waals surface area contributed by atoms with Crippen LogP contribution in [-0.2, 0) is 12.8 Å². The number of H-pyrrole nitrogens is 1. The molecule has 0 unspecified atom stereocenters. The fraction of sp³-hybridized carbons (Fsp3) is 0.455. The van der Waals surface area contributed by atoms with Crippen molar-refractivity contribution in [1.29, 1.82) is 0 Å². The number of aryl methyl sites for hydroxylation is 1. The van der Waals surface area contributed by atoms with Gasteiger partial charge in [-0.05, 0) is 13.8 Å². The zero-order valence-electron chi connectivity index (χ0n) is 11.1. The van der Waals surface area contributed by atoms with Crippen LogP contribution in [0.2, 0.25) is 0 Å². The van der Waals surface area contributed by atoms with Gasteiger partial charge in [0.05, 0.1) is 5.75 Å². The Morgan fingerprint density at radius 3 is 2.89 bits per heavy atom. The van der Waals surface area contributed by atoms with E-state index < -0.39 is 0 Å². The van der Waals surface area contributed by atoms with E-state index in [1.54, 1.807) is 7.05 Å². The Bertz CT molecular complexity index is 620. The molecule has 19 heavy (non-hydrogen) atoms. The van der Waals surface area contributed by atoms with Crippen LogP contribution in [0.5, 0.6) is 0 Å². The van der Waals surface area contributed by atoms with Crippen LogP contribution in [0.1, 0.15) is 18.4 Å². The summed E-state index contributed by atoms with van der Waals surface area (Å²) in [6, 6.07) is 1.90. The summed E-state index contributed by atoms with van der Waals surface area (Å²) in [6.07, 6.45) is 0. The van der Waals surface area contributed by atoms with Crippen molar-refractivity contribution in [3.8, 4) is 0 Å². The number of hydrogen-bond acceptors (Lipinski definition) is 6. The first-order valence-corrected chi connectivity index (χ1v) is 6.91. The van der Waals surface area contributed by atoms with Crippen LogP contribution in [0.4, 0.5) is 5.82 Å². The Labute approximate surface area is 114 Å². The second-order valence-corrected chi connectivity index (χ2v) is 4.94. The quantitative estimate of drug-likeness (QED) is 0.792. The largest absolute Gasteiger partial charge is 0.370 e. The average molecular weight is 280 g/mol. The molecule has 102 valence electrons. The van der Waals surface area contributed by atoms with Crippen molar-refractivity contribution in [2.24, 2.45) is 7.05 Å². The maximum atomic E-state index is 11.2. The molecule has 0 bridgehead atoms. The molecule has 8 heteroatoms. The monoisotopic (exact) mass is 280 g/mol. The van der Waals surface area contributed by atoms with Gasteiger partial charge < -0.3 is 5.32 Å². The molecular weight excluding hydrogens is 264 g/mol. The van der Waals surface area contributed by atoms with Gasteiger partial charge in [0.1, 0.15) is 11.6 Å². The second-order valence-electron chi connectivity index (χ2n) is 4.00. The predicted molar refractivity (Wildman–Crippen MR) is 74.3 cm³/mol. The first kappa shape index (κ1) is 13.6. The van der Waals surface area contributed by atoms with Crippen molar-refractivity contribution >= 4 is 17.6 Å². The number of thioether (sulfide) groups is 1. The molecule has 0 fully saturated rings. The maximum absolute atomic E-state index is 11.2. The molecule has 0 saturated carbocycles. The second kappa shape index (κ2) is 5.87.